The molecule has 98 valence electrons. The molecule has 0 atom stereocenters. The lowest BCUT2D eigenvalue weighted by Crippen LogP contribution is -2.16. The fourth-order valence-electron chi connectivity index (χ4n) is 2.48. The van der Waals surface area contributed by atoms with E-state index in [4.69, 9.17) is 4.74 Å². The quantitative estimate of drug-likeness (QED) is 0.669. The van der Waals surface area contributed by atoms with Gasteiger partial charge in [0, 0.05) is 7.05 Å². The van der Waals surface area contributed by atoms with Crippen LogP contribution < -0.4 is 9.64 Å². The van der Waals surface area contributed by atoms with Crippen molar-refractivity contribution < 1.29 is 4.74 Å². The third-order valence-corrected chi connectivity index (χ3v) is 4.09. The summed E-state index contributed by atoms with van der Waals surface area (Å²) in [4.78, 5) is 2.22. The van der Waals surface area contributed by atoms with Crippen LogP contribution >= 0.6 is 0 Å². The zero-order valence-corrected chi connectivity index (χ0v) is 12.2. The number of anilines is 2. The largest absolute Gasteiger partial charge is 0.453 e. The van der Waals surface area contributed by atoms with E-state index in [1.807, 2.05) is 0 Å². The molecule has 0 N–H and O–H groups in total. The normalized spacial score (nSPS) is 12.8. The SMILES string of the molecule is Cc1cc2c(cc1C)N(C)c1cc(C)c(C)cc1O2. The molecule has 0 spiro atoms. The number of ether oxygens (including phenoxy) is 1. The van der Waals surface area contributed by atoms with Crippen molar-refractivity contribution in [2.75, 3.05) is 11.9 Å². The van der Waals surface area contributed by atoms with Crippen LogP contribution in [0.1, 0.15) is 22.3 Å². The van der Waals surface area contributed by atoms with Crippen molar-refractivity contribution in [3.63, 3.8) is 0 Å². The molecule has 0 bridgehead atoms. The first-order chi connectivity index (χ1) is 8.97. The van der Waals surface area contributed by atoms with Crippen LogP contribution in [0.4, 0.5) is 11.4 Å². The van der Waals surface area contributed by atoms with Gasteiger partial charge in [-0.2, -0.15) is 0 Å². The number of rotatable bonds is 0. The van der Waals surface area contributed by atoms with Gasteiger partial charge in [-0.1, -0.05) is 0 Å². The van der Waals surface area contributed by atoms with Gasteiger partial charge in [0.25, 0.3) is 0 Å². The first-order valence-electron chi connectivity index (χ1n) is 6.61. The van der Waals surface area contributed by atoms with Crippen molar-refractivity contribution in [2.45, 2.75) is 27.7 Å². The monoisotopic (exact) mass is 253 g/mol. The Bertz CT molecular complexity index is 616. The van der Waals surface area contributed by atoms with Gasteiger partial charge >= 0.3 is 0 Å². The second kappa shape index (κ2) is 4.02. The first kappa shape index (κ1) is 12.1. The summed E-state index contributed by atoms with van der Waals surface area (Å²) in [6.45, 7) is 8.52. The Balaban J connectivity index is 2.20. The highest BCUT2D eigenvalue weighted by molar-refractivity contribution is 5.79. The van der Waals surface area contributed by atoms with Crippen LogP contribution in [0.5, 0.6) is 11.5 Å². The van der Waals surface area contributed by atoms with Gasteiger partial charge in [-0.05, 0) is 74.2 Å². The lowest BCUT2D eigenvalue weighted by molar-refractivity contribution is 0.474. The number of hydrogen-bond donors (Lipinski definition) is 0. The second-order valence-electron chi connectivity index (χ2n) is 5.47. The van der Waals surface area contributed by atoms with Crippen LogP contribution in [0.15, 0.2) is 24.3 Å². The highest BCUT2D eigenvalue weighted by atomic mass is 16.5. The van der Waals surface area contributed by atoms with Gasteiger partial charge in [-0.3, -0.25) is 0 Å². The maximum atomic E-state index is 6.08. The van der Waals surface area contributed by atoms with Crippen molar-refractivity contribution >= 4 is 11.4 Å². The van der Waals surface area contributed by atoms with E-state index < -0.39 is 0 Å². The van der Waals surface area contributed by atoms with Gasteiger partial charge in [0.1, 0.15) is 0 Å². The zero-order chi connectivity index (χ0) is 13.7. The van der Waals surface area contributed by atoms with Crippen molar-refractivity contribution in [1.29, 1.82) is 0 Å². The average Bonchev–Trinajstić information content (AvgIpc) is 2.35. The molecule has 0 radical (unpaired) electrons. The van der Waals surface area contributed by atoms with E-state index in [9.17, 15) is 0 Å². The maximum absolute atomic E-state index is 6.08. The molecule has 2 nitrogen and oxygen atoms in total. The molecule has 2 aromatic carbocycles. The van der Waals surface area contributed by atoms with E-state index >= 15 is 0 Å². The summed E-state index contributed by atoms with van der Waals surface area (Å²) < 4.78 is 6.08. The van der Waals surface area contributed by atoms with Crippen molar-refractivity contribution in [2.24, 2.45) is 0 Å². The van der Waals surface area contributed by atoms with Crippen LogP contribution in [-0.4, -0.2) is 7.05 Å². The van der Waals surface area contributed by atoms with E-state index in [0.717, 1.165) is 22.9 Å². The Morgan fingerprint density at radius 3 is 1.47 bits per heavy atom. The molecule has 0 amide bonds. The molecule has 2 heteroatoms. The third kappa shape index (κ3) is 1.79. The van der Waals surface area contributed by atoms with E-state index in [0.29, 0.717) is 0 Å². The van der Waals surface area contributed by atoms with Crippen LogP contribution in [-0.2, 0) is 0 Å². The topological polar surface area (TPSA) is 12.5 Å². The fourth-order valence-corrected chi connectivity index (χ4v) is 2.48. The summed E-state index contributed by atoms with van der Waals surface area (Å²) in [7, 11) is 2.10. The number of hydrogen-bond acceptors (Lipinski definition) is 2. The Hall–Kier alpha value is -1.96. The fraction of sp³-hybridized carbons (Fsp3) is 0.294. The first-order valence-corrected chi connectivity index (χ1v) is 6.61. The lowest BCUT2D eigenvalue weighted by atomic mass is 10.0. The highest BCUT2D eigenvalue weighted by Crippen LogP contribution is 2.47. The Morgan fingerprint density at radius 2 is 1.05 bits per heavy atom. The van der Waals surface area contributed by atoms with Gasteiger partial charge in [0.15, 0.2) is 11.5 Å². The average molecular weight is 253 g/mol. The molecule has 0 fully saturated rings. The van der Waals surface area contributed by atoms with Gasteiger partial charge in [-0.15, -0.1) is 0 Å². The summed E-state index contributed by atoms with van der Waals surface area (Å²) >= 11 is 0. The number of nitrogens with zero attached hydrogens (tertiary/aromatic N) is 1. The Labute approximate surface area is 114 Å². The summed E-state index contributed by atoms with van der Waals surface area (Å²) in [6.07, 6.45) is 0. The van der Waals surface area contributed by atoms with E-state index in [1.54, 1.807) is 0 Å². The minimum Gasteiger partial charge on any atom is -0.453 e. The number of benzene rings is 2. The van der Waals surface area contributed by atoms with Crippen LogP contribution in [0.25, 0.3) is 0 Å². The summed E-state index contributed by atoms with van der Waals surface area (Å²) in [5.41, 5.74) is 7.39. The molecule has 2 aromatic rings. The lowest BCUT2D eigenvalue weighted by Gasteiger charge is -2.31. The molecule has 1 aliphatic heterocycles. The van der Waals surface area contributed by atoms with Gasteiger partial charge < -0.3 is 9.64 Å². The van der Waals surface area contributed by atoms with Gasteiger partial charge in [0.2, 0.25) is 0 Å². The predicted molar refractivity (Wildman–Crippen MR) is 80.0 cm³/mol. The van der Waals surface area contributed by atoms with Crippen LogP contribution in [0.2, 0.25) is 0 Å². The summed E-state index contributed by atoms with van der Waals surface area (Å²) in [5.74, 6) is 1.89. The molecule has 3 rings (SSSR count). The minimum absolute atomic E-state index is 0.946. The molecule has 0 aromatic heterocycles. The minimum atomic E-state index is 0.946. The summed E-state index contributed by atoms with van der Waals surface area (Å²) in [6, 6.07) is 8.64. The predicted octanol–water partition coefficient (Wildman–Crippen LogP) is 4.79. The zero-order valence-electron chi connectivity index (χ0n) is 12.2. The van der Waals surface area contributed by atoms with Crippen LogP contribution in [0, 0.1) is 27.7 Å². The van der Waals surface area contributed by atoms with Crippen LogP contribution in [0.3, 0.4) is 0 Å². The third-order valence-electron chi connectivity index (χ3n) is 4.09. The summed E-state index contributed by atoms with van der Waals surface area (Å²) in [5, 5.41) is 0. The molecule has 1 aliphatic rings. The van der Waals surface area contributed by atoms with Crippen molar-refractivity contribution in [3.8, 4) is 11.5 Å². The maximum Gasteiger partial charge on any atom is 0.151 e. The molecule has 1 heterocycles. The van der Waals surface area contributed by atoms with Gasteiger partial charge in [-0.25, -0.2) is 0 Å². The number of fused-ring (bicyclic) bond motifs is 2. The molecule has 19 heavy (non-hydrogen) atoms. The van der Waals surface area contributed by atoms with Crippen molar-refractivity contribution in [3.05, 3.63) is 46.5 Å². The molecule has 0 saturated carbocycles. The molecular weight excluding hydrogens is 234 g/mol. The van der Waals surface area contributed by atoms with E-state index in [-0.39, 0.29) is 0 Å². The standard InChI is InChI=1S/C17H19NO/c1-10-6-14-16(8-12(10)3)19-17-9-13(4)11(2)7-15(17)18(14)5/h6-9H,1-5H3. The van der Waals surface area contributed by atoms with E-state index in [2.05, 4.69) is 63.9 Å². The van der Waals surface area contributed by atoms with E-state index in [1.165, 1.54) is 22.3 Å². The molecule has 0 saturated heterocycles. The highest BCUT2D eigenvalue weighted by Gasteiger charge is 2.23. The smallest absolute Gasteiger partial charge is 0.151 e. The Morgan fingerprint density at radius 1 is 0.684 bits per heavy atom. The molecule has 0 unspecified atom stereocenters. The molecule has 0 aliphatic carbocycles. The molecular formula is C17H19NO. The van der Waals surface area contributed by atoms with Crippen molar-refractivity contribution in [1.82, 2.24) is 0 Å². The number of aryl methyl sites for hydroxylation is 4. The second-order valence-corrected chi connectivity index (χ2v) is 5.47. The Kier molecular flexibility index (Phi) is 2.56. The van der Waals surface area contributed by atoms with Gasteiger partial charge in [0.05, 0.1) is 11.4 Å².